The van der Waals surface area contributed by atoms with E-state index in [1.54, 1.807) is 7.11 Å². The van der Waals surface area contributed by atoms with E-state index in [2.05, 4.69) is 10.3 Å². The quantitative estimate of drug-likeness (QED) is 0.451. The highest BCUT2D eigenvalue weighted by molar-refractivity contribution is 14.0. The van der Waals surface area contributed by atoms with Crippen LogP contribution in [0.25, 0.3) is 0 Å². The Kier molecular flexibility index (Phi) is 7.31. The number of nitrogens with zero attached hydrogens (tertiary/aromatic N) is 1. The summed E-state index contributed by atoms with van der Waals surface area (Å²) in [5.41, 5.74) is 7.63. The fourth-order valence-corrected chi connectivity index (χ4v) is 1.85. The summed E-state index contributed by atoms with van der Waals surface area (Å²) >= 11 is 6.06. The zero-order chi connectivity index (χ0) is 14.4. The van der Waals surface area contributed by atoms with Gasteiger partial charge in [0.15, 0.2) is 5.96 Å². The molecule has 0 aliphatic carbocycles. The molecule has 2 rings (SSSR count). The Morgan fingerprint density at radius 1 is 1.19 bits per heavy atom. The van der Waals surface area contributed by atoms with Crippen molar-refractivity contribution in [2.45, 2.75) is 6.54 Å². The van der Waals surface area contributed by atoms with Gasteiger partial charge in [-0.2, -0.15) is 0 Å². The minimum absolute atomic E-state index is 0. The molecule has 112 valence electrons. The van der Waals surface area contributed by atoms with Gasteiger partial charge in [-0.1, -0.05) is 29.8 Å². The van der Waals surface area contributed by atoms with Crippen molar-refractivity contribution in [1.82, 2.24) is 0 Å². The summed E-state index contributed by atoms with van der Waals surface area (Å²) < 4.78 is 5.09. The highest BCUT2D eigenvalue weighted by Gasteiger charge is 1.99. The number of nitrogens with one attached hydrogen (secondary N) is 1. The SMILES string of the molecule is COc1ccc(NC(N)=NCc2ccccc2Cl)cc1.I. The van der Waals surface area contributed by atoms with Crippen LogP contribution in [0.1, 0.15) is 5.56 Å². The molecule has 0 bridgehead atoms. The van der Waals surface area contributed by atoms with Crippen LogP contribution in [-0.2, 0) is 6.54 Å². The van der Waals surface area contributed by atoms with Crippen LogP contribution in [0.5, 0.6) is 5.75 Å². The minimum Gasteiger partial charge on any atom is -0.497 e. The number of hydrogen-bond donors (Lipinski definition) is 2. The predicted octanol–water partition coefficient (Wildman–Crippen LogP) is 3.89. The van der Waals surface area contributed by atoms with E-state index < -0.39 is 0 Å². The van der Waals surface area contributed by atoms with Gasteiger partial charge >= 0.3 is 0 Å². The van der Waals surface area contributed by atoms with Gasteiger partial charge in [-0.15, -0.1) is 24.0 Å². The van der Waals surface area contributed by atoms with Crippen molar-refractivity contribution in [3.05, 3.63) is 59.1 Å². The van der Waals surface area contributed by atoms with E-state index in [0.717, 1.165) is 17.0 Å². The molecule has 0 aromatic heterocycles. The number of ether oxygens (including phenoxy) is 1. The third-order valence-corrected chi connectivity index (χ3v) is 3.11. The molecule has 0 atom stereocenters. The number of halogens is 2. The lowest BCUT2D eigenvalue weighted by molar-refractivity contribution is 0.415. The van der Waals surface area contributed by atoms with Crippen molar-refractivity contribution < 1.29 is 4.74 Å². The molecule has 21 heavy (non-hydrogen) atoms. The molecule has 0 amide bonds. The number of methoxy groups -OCH3 is 1. The van der Waals surface area contributed by atoms with Crippen LogP contribution < -0.4 is 15.8 Å². The first-order valence-electron chi connectivity index (χ1n) is 6.13. The second kappa shape index (κ2) is 8.74. The topological polar surface area (TPSA) is 59.6 Å². The molecule has 0 heterocycles. The molecule has 2 aromatic rings. The fraction of sp³-hybridized carbons (Fsp3) is 0.133. The van der Waals surface area contributed by atoms with Crippen LogP contribution in [0.4, 0.5) is 5.69 Å². The zero-order valence-corrected chi connectivity index (χ0v) is 14.6. The first-order chi connectivity index (χ1) is 9.69. The summed E-state index contributed by atoms with van der Waals surface area (Å²) in [6.07, 6.45) is 0. The summed E-state index contributed by atoms with van der Waals surface area (Å²) in [7, 11) is 1.63. The van der Waals surface area contributed by atoms with Gasteiger partial charge in [0.05, 0.1) is 13.7 Å². The molecule has 2 aromatic carbocycles. The molecule has 0 unspecified atom stereocenters. The number of hydrogen-bond acceptors (Lipinski definition) is 2. The summed E-state index contributed by atoms with van der Waals surface area (Å²) in [5, 5.41) is 3.70. The monoisotopic (exact) mass is 417 g/mol. The minimum atomic E-state index is 0. The Balaban J connectivity index is 0.00000220. The second-order valence-corrected chi connectivity index (χ2v) is 4.55. The van der Waals surface area contributed by atoms with Gasteiger partial charge in [0.1, 0.15) is 5.75 Å². The van der Waals surface area contributed by atoms with Crippen LogP contribution in [0.2, 0.25) is 5.02 Å². The normalized spacial score (nSPS) is 10.7. The van der Waals surface area contributed by atoms with Gasteiger partial charge < -0.3 is 15.8 Å². The number of rotatable bonds is 4. The number of guanidine groups is 1. The molecule has 0 saturated heterocycles. The van der Waals surface area contributed by atoms with E-state index in [9.17, 15) is 0 Å². The van der Waals surface area contributed by atoms with Crippen LogP contribution in [0.3, 0.4) is 0 Å². The lowest BCUT2D eigenvalue weighted by Gasteiger charge is -2.07. The zero-order valence-electron chi connectivity index (χ0n) is 11.5. The van der Waals surface area contributed by atoms with E-state index in [1.807, 2.05) is 48.5 Å². The maximum Gasteiger partial charge on any atom is 0.193 e. The largest absolute Gasteiger partial charge is 0.497 e. The van der Waals surface area contributed by atoms with Crippen molar-refractivity contribution in [3.63, 3.8) is 0 Å². The molecule has 0 saturated carbocycles. The van der Waals surface area contributed by atoms with E-state index in [-0.39, 0.29) is 24.0 Å². The van der Waals surface area contributed by atoms with E-state index in [1.165, 1.54) is 0 Å². The summed E-state index contributed by atoms with van der Waals surface area (Å²) in [6, 6.07) is 15.0. The van der Waals surface area contributed by atoms with Crippen LogP contribution >= 0.6 is 35.6 Å². The van der Waals surface area contributed by atoms with Crippen molar-refractivity contribution >= 4 is 47.2 Å². The summed E-state index contributed by atoms with van der Waals surface area (Å²) in [4.78, 5) is 4.26. The first-order valence-corrected chi connectivity index (χ1v) is 6.51. The number of nitrogens with two attached hydrogens (primary N) is 1. The van der Waals surface area contributed by atoms with Crippen LogP contribution in [0.15, 0.2) is 53.5 Å². The Hall–Kier alpha value is -1.47. The van der Waals surface area contributed by atoms with Crippen LogP contribution in [0, 0.1) is 0 Å². The summed E-state index contributed by atoms with van der Waals surface area (Å²) in [6.45, 7) is 0.439. The molecular weight excluding hydrogens is 401 g/mol. The first kappa shape index (κ1) is 17.6. The lowest BCUT2D eigenvalue weighted by Crippen LogP contribution is -2.22. The van der Waals surface area contributed by atoms with Crippen LogP contribution in [-0.4, -0.2) is 13.1 Å². The third-order valence-electron chi connectivity index (χ3n) is 2.74. The standard InChI is InChI=1S/C15H16ClN3O.HI/c1-20-13-8-6-12(7-9-13)19-15(17)18-10-11-4-2-3-5-14(11)16;/h2-9H,10H2,1H3,(H3,17,18,19);1H. The highest BCUT2D eigenvalue weighted by atomic mass is 127. The Labute approximate surface area is 146 Å². The molecule has 0 aliphatic heterocycles. The molecule has 3 N–H and O–H groups in total. The second-order valence-electron chi connectivity index (χ2n) is 4.15. The van der Waals surface area contributed by atoms with Gasteiger partial charge in [0.2, 0.25) is 0 Å². The van der Waals surface area contributed by atoms with E-state index in [0.29, 0.717) is 17.5 Å². The van der Waals surface area contributed by atoms with Crippen molar-refractivity contribution in [2.75, 3.05) is 12.4 Å². The average Bonchev–Trinajstić information content (AvgIpc) is 2.47. The van der Waals surface area contributed by atoms with Gasteiger partial charge in [-0.05, 0) is 35.9 Å². The Morgan fingerprint density at radius 2 is 1.86 bits per heavy atom. The average molecular weight is 418 g/mol. The molecule has 0 spiro atoms. The van der Waals surface area contributed by atoms with Gasteiger partial charge in [-0.25, -0.2) is 4.99 Å². The Bertz CT molecular complexity index is 602. The Morgan fingerprint density at radius 3 is 2.48 bits per heavy atom. The van der Waals surface area contributed by atoms with E-state index >= 15 is 0 Å². The smallest absolute Gasteiger partial charge is 0.193 e. The fourth-order valence-electron chi connectivity index (χ4n) is 1.66. The third kappa shape index (κ3) is 5.43. The lowest BCUT2D eigenvalue weighted by atomic mass is 10.2. The molecule has 6 heteroatoms. The van der Waals surface area contributed by atoms with E-state index in [4.69, 9.17) is 22.1 Å². The highest BCUT2D eigenvalue weighted by Crippen LogP contribution is 2.16. The van der Waals surface area contributed by atoms with Gasteiger partial charge in [0.25, 0.3) is 0 Å². The number of benzene rings is 2. The van der Waals surface area contributed by atoms with Gasteiger partial charge in [-0.3, -0.25) is 0 Å². The molecule has 4 nitrogen and oxygen atoms in total. The predicted molar refractivity (Wildman–Crippen MR) is 98.8 cm³/mol. The molecule has 0 radical (unpaired) electrons. The maximum absolute atomic E-state index is 6.06. The molecular formula is C15H17ClIN3O. The number of anilines is 1. The summed E-state index contributed by atoms with van der Waals surface area (Å²) in [5.74, 6) is 1.14. The van der Waals surface area contributed by atoms with Crippen molar-refractivity contribution in [3.8, 4) is 5.75 Å². The molecule has 0 aliphatic rings. The molecule has 0 fully saturated rings. The van der Waals surface area contributed by atoms with Crippen molar-refractivity contribution in [2.24, 2.45) is 10.7 Å². The number of aliphatic imine (C=N–C) groups is 1. The maximum atomic E-state index is 6.06. The van der Waals surface area contributed by atoms with Gasteiger partial charge in [0, 0.05) is 10.7 Å². The van der Waals surface area contributed by atoms with Crippen molar-refractivity contribution in [1.29, 1.82) is 0 Å².